The molecule has 0 unspecified atom stereocenters. The van der Waals surface area contributed by atoms with Gasteiger partial charge in [-0.25, -0.2) is 9.97 Å². The van der Waals surface area contributed by atoms with Crippen molar-refractivity contribution in [3.05, 3.63) is 24.7 Å². The second-order valence-electron chi connectivity index (χ2n) is 3.44. The molecule has 0 bridgehead atoms. The molecular formula is C11H14N2O2. The van der Waals surface area contributed by atoms with E-state index in [1.807, 2.05) is 0 Å². The molecule has 0 aromatic carbocycles. The standard InChI is InChI=1S/C11H14N2O2/c1-3-8(4-2)11-13-6-10(15-11)9-5-12-7-14-9/h5-8H,3-4H2,1-2H3. The first-order valence-corrected chi connectivity index (χ1v) is 5.19. The van der Waals surface area contributed by atoms with Gasteiger partial charge in [-0.15, -0.1) is 0 Å². The lowest BCUT2D eigenvalue weighted by atomic mass is 10.0. The van der Waals surface area contributed by atoms with Gasteiger partial charge in [0.05, 0.1) is 12.4 Å². The molecule has 0 radical (unpaired) electrons. The van der Waals surface area contributed by atoms with Gasteiger partial charge in [0.2, 0.25) is 0 Å². The Hall–Kier alpha value is -1.58. The molecule has 4 heteroatoms. The summed E-state index contributed by atoms with van der Waals surface area (Å²) in [5, 5.41) is 0. The Morgan fingerprint density at radius 2 is 2.00 bits per heavy atom. The molecule has 2 heterocycles. The zero-order valence-corrected chi connectivity index (χ0v) is 8.93. The summed E-state index contributed by atoms with van der Waals surface area (Å²) in [6.45, 7) is 4.26. The van der Waals surface area contributed by atoms with Crippen molar-refractivity contribution in [2.45, 2.75) is 32.6 Å². The maximum atomic E-state index is 5.63. The SMILES string of the molecule is CCC(CC)c1ncc(-c2cnco2)o1. The molecule has 0 aliphatic heterocycles. The van der Waals surface area contributed by atoms with Crippen LogP contribution in [0.25, 0.3) is 11.5 Å². The molecule has 0 aliphatic rings. The largest absolute Gasteiger partial charge is 0.440 e. The van der Waals surface area contributed by atoms with Crippen molar-refractivity contribution in [3.63, 3.8) is 0 Å². The molecule has 0 N–H and O–H groups in total. The fourth-order valence-electron chi connectivity index (χ4n) is 1.57. The Kier molecular flexibility index (Phi) is 2.85. The molecule has 2 aromatic heterocycles. The van der Waals surface area contributed by atoms with Crippen LogP contribution >= 0.6 is 0 Å². The maximum Gasteiger partial charge on any atom is 0.198 e. The van der Waals surface area contributed by atoms with Crippen LogP contribution < -0.4 is 0 Å². The van der Waals surface area contributed by atoms with E-state index in [0.717, 1.165) is 18.7 Å². The number of rotatable bonds is 4. The molecule has 0 atom stereocenters. The van der Waals surface area contributed by atoms with E-state index >= 15 is 0 Å². The number of oxazole rings is 2. The van der Waals surface area contributed by atoms with Gasteiger partial charge in [-0.3, -0.25) is 0 Å². The number of hydrogen-bond acceptors (Lipinski definition) is 4. The first kappa shape index (κ1) is 9.96. The van der Waals surface area contributed by atoms with Crippen LogP contribution in [0.3, 0.4) is 0 Å². The van der Waals surface area contributed by atoms with Crippen molar-refractivity contribution in [2.75, 3.05) is 0 Å². The van der Waals surface area contributed by atoms with Gasteiger partial charge in [0.1, 0.15) is 0 Å². The lowest BCUT2D eigenvalue weighted by molar-refractivity contribution is 0.429. The van der Waals surface area contributed by atoms with E-state index in [1.165, 1.54) is 6.39 Å². The van der Waals surface area contributed by atoms with Gasteiger partial charge in [0.25, 0.3) is 0 Å². The van der Waals surface area contributed by atoms with Crippen molar-refractivity contribution >= 4 is 0 Å². The van der Waals surface area contributed by atoms with Gasteiger partial charge >= 0.3 is 0 Å². The number of hydrogen-bond donors (Lipinski definition) is 0. The van der Waals surface area contributed by atoms with E-state index in [9.17, 15) is 0 Å². The fraction of sp³-hybridized carbons (Fsp3) is 0.455. The zero-order chi connectivity index (χ0) is 10.7. The van der Waals surface area contributed by atoms with E-state index in [-0.39, 0.29) is 0 Å². The second-order valence-corrected chi connectivity index (χ2v) is 3.44. The quantitative estimate of drug-likeness (QED) is 0.770. The van der Waals surface area contributed by atoms with Crippen LogP contribution in [-0.2, 0) is 0 Å². The van der Waals surface area contributed by atoms with Crippen molar-refractivity contribution in [2.24, 2.45) is 0 Å². The highest BCUT2D eigenvalue weighted by Gasteiger charge is 2.15. The zero-order valence-electron chi connectivity index (χ0n) is 8.93. The second kappa shape index (κ2) is 4.29. The van der Waals surface area contributed by atoms with Crippen molar-refractivity contribution in [3.8, 4) is 11.5 Å². The van der Waals surface area contributed by atoms with Gasteiger partial charge in [-0.2, -0.15) is 0 Å². The van der Waals surface area contributed by atoms with Crippen LogP contribution in [0, 0.1) is 0 Å². The van der Waals surface area contributed by atoms with E-state index in [2.05, 4.69) is 23.8 Å². The molecule has 15 heavy (non-hydrogen) atoms. The molecule has 0 aliphatic carbocycles. The van der Waals surface area contributed by atoms with Crippen molar-refractivity contribution < 1.29 is 8.83 Å². The normalized spacial score (nSPS) is 11.1. The average molecular weight is 206 g/mol. The highest BCUT2D eigenvalue weighted by Crippen LogP contribution is 2.26. The summed E-state index contributed by atoms with van der Waals surface area (Å²) in [4.78, 5) is 8.10. The molecule has 2 rings (SSSR count). The third-order valence-corrected chi connectivity index (χ3v) is 2.53. The van der Waals surface area contributed by atoms with Crippen molar-refractivity contribution in [1.82, 2.24) is 9.97 Å². The minimum atomic E-state index is 0.390. The van der Waals surface area contributed by atoms with Gasteiger partial charge in [0, 0.05) is 5.92 Å². The Morgan fingerprint density at radius 3 is 2.60 bits per heavy atom. The van der Waals surface area contributed by atoms with Crippen LogP contribution in [0.5, 0.6) is 0 Å². The Morgan fingerprint density at radius 1 is 1.20 bits per heavy atom. The molecule has 2 aromatic rings. The summed E-state index contributed by atoms with van der Waals surface area (Å²) < 4.78 is 10.8. The van der Waals surface area contributed by atoms with Crippen LogP contribution in [0.15, 0.2) is 27.6 Å². The Bertz CT molecular complexity index is 402. The molecule has 4 nitrogen and oxygen atoms in total. The summed E-state index contributed by atoms with van der Waals surface area (Å²) in [7, 11) is 0. The summed E-state index contributed by atoms with van der Waals surface area (Å²) in [5.74, 6) is 2.45. The molecule has 80 valence electrons. The third-order valence-electron chi connectivity index (χ3n) is 2.53. The summed E-state index contributed by atoms with van der Waals surface area (Å²) in [6.07, 6.45) is 6.76. The Balaban J connectivity index is 2.24. The highest BCUT2D eigenvalue weighted by molar-refractivity contribution is 5.46. The topological polar surface area (TPSA) is 52.1 Å². The van der Waals surface area contributed by atoms with E-state index in [1.54, 1.807) is 12.4 Å². The number of nitrogens with zero attached hydrogens (tertiary/aromatic N) is 2. The molecule has 0 amide bonds. The molecule has 0 spiro atoms. The molecule has 0 fully saturated rings. The van der Waals surface area contributed by atoms with Crippen LogP contribution in [0.1, 0.15) is 38.5 Å². The first-order chi connectivity index (χ1) is 7.35. The van der Waals surface area contributed by atoms with Gasteiger partial charge in [-0.1, -0.05) is 13.8 Å². The Labute approximate surface area is 88.3 Å². The fourth-order valence-corrected chi connectivity index (χ4v) is 1.57. The predicted octanol–water partition coefficient (Wildman–Crippen LogP) is 3.23. The smallest absolute Gasteiger partial charge is 0.198 e. The molecular weight excluding hydrogens is 192 g/mol. The summed E-state index contributed by atoms with van der Waals surface area (Å²) in [6, 6.07) is 0. The third kappa shape index (κ3) is 1.93. The van der Waals surface area contributed by atoms with Crippen LogP contribution in [0.2, 0.25) is 0 Å². The predicted molar refractivity (Wildman–Crippen MR) is 55.3 cm³/mol. The summed E-state index contributed by atoms with van der Waals surface area (Å²) >= 11 is 0. The van der Waals surface area contributed by atoms with E-state index in [0.29, 0.717) is 17.4 Å². The first-order valence-electron chi connectivity index (χ1n) is 5.19. The average Bonchev–Trinajstić information content (AvgIpc) is 2.89. The van der Waals surface area contributed by atoms with Gasteiger partial charge in [-0.05, 0) is 12.8 Å². The number of aromatic nitrogens is 2. The van der Waals surface area contributed by atoms with Crippen LogP contribution in [0.4, 0.5) is 0 Å². The highest BCUT2D eigenvalue weighted by atomic mass is 16.4. The minimum Gasteiger partial charge on any atom is -0.440 e. The monoisotopic (exact) mass is 206 g/mol. The molecule has 0 saturated carbocycles. The lowest BCUT2D eigenvalue weighted by Crippen LogP contribution is -1.94. The van der Waals surface area contributed by atoms with Gasteiger partial charge < -0.3 is 8.83 Å². The van der Waals surface area contributed by atoms with Crippen LogP contribution in [-0.4, -0.2) is 9.97 Å². The molecule has 0 saturated heterocycles. The van der Waals surface area contributed by atoms with Gasteiger partial charge in [0.15, 0.2) is 23.8 Å². The lowest BCUT2D eigenvalue weighted by Gasteiger charge is -2.05. The van der Waals surface area contributed by atoms with Crippen molar-refractivity contribution in [1.29, 1.82) is 0 Å². The van der Waals surface area contributed by atoms with E-state index in [4.69, 9.17) is 8.83 Å². The minimum absolute atomic E-state index is 0.390. The summed E-state index contributed by atoms with van der Waals surface area (Å²) in [5.41, 5.74) is 0. The van der Waals surface area contributed by atoms with E-state index < -0.39 is 0 Å². The maximum absolute atomic E-state index is 5.63.